The minimum Gasteiger partial charge on any atom is -0.456 e. The third-order valence-corrected chi connectivity index (χ3v) is 4.28. The van der Waals surface area contributed by atoms with Crippen LogP contribution < -0.4 is 0 Å². The SMILES string of the molecule is CCCCC1(OC(=O)C=Cc2ccccc2)CCCCC1. The van der Waals surface area contributed by atoms with Gasteiger partial charge in [0, 0.05) is 6.08 Å². The maximum Gasteiger partial charge on any atom is 0.331 e. The highest BCUT2D eigenvalue weighted by molar-refractivity contribution is 5.87. The van der Waals surface area contributed by atoms with E-state index in [1.54, 1.807) is 6.08 Å². The first-order valence-electron chi connectivity index (χ1n) is 8.20. The second-order valence-electron chi connectivity index (χ2n) is 6.01. The van der Waals surface area contributed by atoms with Crippen LogP contribution in [0.3, 0.4) is 0 Å². The molecule has 2 rings (SSSR count). The molecule has 0 radical (unpaired) electrons. The molecule has 1 aromatic carbocycles. The van der Waals surface area contributed by atoms with Crippen molar-refractivity contribution in [1.82, 2.24) is 0 Å². The largest absolute Gasteiger partial charge is 0.456 e. The molecule has 1 aromatic rings. The van der Waals surface area contributed by atoms with E-state index in [9.17, 15) is 4.79 Å². The lowest BCUT2D eigenvalue weighted by Gasteiger charge is -2.36. The van der Waals surface area contributed by atoms with Crippen molar-refractivity contribution in [1.29, 1.82) is 0 Å². The number of rotatable bonds is 6. The van der Waals surface area contributed by atoms with E-state index in [1.807, 2.05) is 36.4 Å². The van der Waals surface area contributed by atoms with Crippen molar-refractivity contribution >= 4 is 12.0 Å². The third kappa shape index (κ3) is 5.04. The van der Waals surface area contributed by atoms with E-state index < -0.39 is 0 Å². The van der Waals surface area contributed by atoms with Gasteiger partial charge in [0.15, 0.2) is 0 Å². The van der Waals surface area contributed by atoms with Crippen molar-refractivity contribution < 1.29 is 9.53 Å². The molecule has 0 spiro atoms. The normalized spacial score (nSPS) is 17.8. The van der Waals surface area contributed by atoms with Crippen LogP contribution in [-0.4, -0.2) is 11.6 Å². The number of hydrogen-bond acceptors (Lipinski definition) is 2. The fourth-order valence-electron chi connectivity index (χ4n) is 3.07. The summed E-state index contributed by atoms with van der Waals surface area (Å²) in [5, 5.41) is 0. The van der Waals surface area contributed by atoms with Gasteiger partial charge in [-0.2, -0.15) is 0 Å². The van der Waals surface area contributed by atoms with Gasteiger partial charge in [-0.3, -0.25) is 0 Å². The van der Waals surface area contributed by atoms with Gasteiger partial charge in [0.2, 0.25) is 0 Å². The molecule has 0 N–H and O–H groups in total. The first kappa shape index (κ1) is 15.8. The summed E-state index contributed by atoms with van der Waals surface area (Å²) in [6.45, 7) is 2.19. The lowest BCUT2D eigenvalue weighted by molar-refractivity contribution is -0.158. The summed E-state index contributed by atoms with van der Waals surface area (Å²) >= 11 is 0. The summed E-state index contributed by atoms with van der Waals surface area (Å²) < 4.78 is 5.88. The van der Waals surface area contributed by atoms with E-state index in [2.05, 4.69) is 6.92 Å². The number of unbranched alkanes of at least 4 members (excludes halogenated alkanes) is 1. The highest BCUT2D eigenvalue weighted by Gasteiger charge is 2.34. The topological polar surface area (TPSA) is 26.3 Å². The Kier molecular flexibility index (Phi) is 6.04. The summed E-state index contributed by atoms with van der Waals surface area (Å²) in [4.78, 5) is 12.1. The van der Waals surface area contributed by atoms with Gasteiger partial charge in [-0.25, -0.2) is 4.79 Å². The summed E-state index contributed by atoms with van der Waals surface area (Å²) in [5.74, 6) is -0.197. The van der Waals surface area contributed by atoms with Gasteiger partial charge in [-0.15, -0.1) is 0 Å². The quantitative estimate of drug-likeness (QED) is 0.535. The molecular weight excluding hydrogens is 260 g/mol. The Bertz CT molecular complexity index is 456. The smallest absolute Gasteiger partial charge is 0.331 e. The molecule has 0 unspecified atom stereocenters. The zero-order valence-corrected chi connectivity index (χ0v) is 13.0. The van der Waals surface area contributed by atoms with E-state index in [-0.39, 0.29) is 11.6 Å². The summed E-state index contributed by atoms with van der Waals surface area (Å²) in [5.41, 5.74) is 0.826. The lowest BCUT2D eigenvalue weighted by atomic mass is 9.81. The number of esters is 1. The predicted octanol–water partition coefficient (Wildman–Crippen LogP) is 5.14. The van der Waals surface area contributed by atoms with Gasteiger partial charge < -0.3 is 4.74 Å². The van der Waals surface area contributed by atoms with Crippen LogP contribution in [0.2, 0.25) is 0 Å². The van der Waals surface area contributed by atoms with E-state index in [4.69, 9.17) is 4.74 Å². The first-order valence-corrected chi connectivity index (χ1v) is 8.20. The van der Waals surface area contributed by atoms with Crippen LogP contribution in [-0.2, 0) is 9.53 Å². The van der Waals surface area contributed by atoms with Crippen molar-refractivity contribution in [3.63, 3.8) is 0 Å². The third-order valence-electron chi connectivity index (χ3n) is 4.28. The van der Waals surface area contributed by atoms with Gasteiger partial charge in [-0.05, 0) is 50.2 Å². The van der Waals surface area contributed by atoms with Crippen molar-refractivity contribution in [3.8, 4) is 0 Å². The van der Waals surface area contributed by atoms with E-state index >= 15 is 0 Å². The molecule has 21 heavy (non-hydrogen) atoms. The van der Waals surface area contributed by atoms with E-state index in [0.717, 1.165) is 37.7 Å². The zero-order valence-electron chi connectivity index (χ0n) is 13.0. The number of carbonyl (C=O) groups excluding carboxylic acids is 1. The Hall–Kier alpha value is -1.57. The molecule has 1 fully saturated rings. The van der Waals surface area contributed by atoms with Crippen LogP contribution >= 0.6 is 0 Å². The molecule has 2 nitrogen and oxygen atoms in total. The van der Waals surface area contributed by atoms with Crippen molar-refractivity contribution in [2.24, 2.45) is 0 Å². The maximum atomic E-state index is 12.1. The van der Waals surface area contributed by atoms with Gasteiger partial charge in [0.05, 0.1) is 0 Å². The van der Waals surface area contributed by atoms with Crippen LogP contribution in [0.25, 0.3) is 6.08 Å². The first-order chi connectivity index (χ1) is 10.2. The lowest BCUT2D eigenvalue weighted by Crippen LogP contribution is -2.36. The number of hydrogen-bond donors (Lipinski definition) is 0. The van der Waals surface area contributed by atoms with Crippen molar-refractivity contribution in [2.75, 3.05) is 0 Å². The monoisotopic (exact) mass is 286 g/mol. The number of carbonyl (C=O) groups is 1. The highest BCUT2D eigenvalue weighted by Crippen LogP contribution is 2.36. The van der Waals surface area contributed by atoms with Crippen LogP contribution in [0, 0.1) is 0 Å². The average molecular weight is 286 g/mol. The second kappa shape index (κ2) is 8.02. The molecule has 0 saturated heterocycles. The number of ether oxygens (including phenoxy) is 1. The minimum absolute atomic E-state index is 0.197. The van der Waals surface area contributed by atoms with Crippen molar-refractivity contribution in [2.45, 2.75) is 63.9 Å². The van der Waals surface area contributed by atoms with Gasteiger partial charge in [0.25, 0.3) is 0 Å². The fraction of sp³-hybridized carbons (Fsp3) is 0.526. The molecule has 0 aliphatic heterocycles. The van der Waals surface area contributed by atoms with Gasteiger partial charge in [-0.1, -0.05) is 50.1 Å². The molecule has 0 atom stereocenters. The summed E-state index contributed by atoms with van der Waals surface area (Å²) in [7, 11) is 0. The van der Waals surface area contributed by atoms with Crippen LogP contribution in [0.1, 0.15) is 63.9 Å². The van der Waals surface area contributed by atoms with Gasteiger partial charge in [0.1, 0.15) is 5.60 Å². The van der Waals surface area contributed by atoms with Crippen molar-refractivity contribution in [3.05, 3.63) is 42.0 Å². The molecule has 0 heterocycles. The van der Waals surface area contributed by atoms with Crippen LogP contribution in [0.5, 0.6) is 0 Å². The van der Waals surface area contributed by atoms with Crippen LogP contribution in [0.4, 0.5) is 0 Å². The molecule has 2 heteroatoms. The molecule has 0 aromatic heterocycles. The summed E-state index contributed by atoms with van der Waals surface area (Å²) in [6.07, 6.45) is 12.4. The van der Waals surface area contributed by atoms with E-state index in [1.165, 1.54) is 19.3 Å². The molecule has 0 amide bonds. The molecule has 0 bridgehead atoms. The minimum atomic E-state index is -0.202. The molecule has 1 saturated carbocycles. The predicted molar refractivity (Wildman–Crippen MR) is 86.9 cm³/mol. The molecule has 1 aliphatic rings. The Labute approximate surface area is 128 Å². The molecular formula is C19H26O2. The van der Waals surface area contributed by atoms with Crippen LogP contribution in [0.15, 0.2) is 36.4 Å². The Balaban J connectivity index is 1.96. The zero-order chi connectivity index (χ0) is 15.0. The summed E-state index contributed by atoms with van der Waals surface area (Å²) in [6, 6.07) is 9.87. The Morgan fingerprint density at radius 2 is 1.90 bits per heavy atom. The second-order valence-corrected chi connectivity index (χ2v) is 6.01. The Morgan fingerprint density at radius 1 is 1.19 bits per heavy atom. The average Bonchev–Trinajstić information content (AvgIpc) is 2.53. The molecule has 1 aliphatic carbocycles. The van der Waals surface area contributed by atoms with E-state index in [0.29, 0.717) is 0 Å². The standard InChI is InChI=1S/C19H26O2/c1-2-3-14-19(15-8-5-9-16-19)21-18(20)13-12-17-10-6-4-7-11-17/h4,6-7,10-13H,2-3,5,8-9,14-16H2,1H3. The molecule has 114 valence electrons. The Morgan fingerprint density at radius 3 is 2.57 bits per heavy atom. The highest BCUT2D eigenvalue weighted by atomic mass is 16.6. The fourth-order valence-corrected chi connectivity index (χ4v) is 3.07. The maximum absolute atomic E-state index is 12.1. The number of benzene rings is 1. The van der Waals surface area contributed by atoms with Gasteiger partial charge >= 0.3 is 5.97 Å².